The number of amides is 1. The molecule has 5 atom stereocenters. The highest BCUT2D eigenvalue weighted by Crippen LogP contribution is 2.47. The molecule has 4 heterocycles. The number of ether oxygens (including phenoxy) is 1. The van der Waals surface area contributed by atoms with Crippen LogP contribution in [-0.2, 0) is 18.6 Å². The molecular weight excluding hydrogens is 427 g/mol. The number of nitrogens with one attached hydrogen (secondary N) is 1. The van der Waals surface area contributed by atoms with Gasteiger partial charge in [-0.3, -0.25) is 19.1 Å². The van der Waals surface area contributed by atoms with Crippen molar-refractivity contribution < 1.29 is 28.6 Å². The van der Waals surface area contributed by atoms with E-state index < -0.39 is 44.6 Å². The molecule has 4 rings (SSSR count). The lowest BCUT2D eigenvalue weighted by Crippen LogP contribution is -2.38. The molecule has 0 spiro atoms. The zero-order valence-electron chi connectivity index (χ0n) is 14.9. The van der Waals surface area contributed by atoms with Gasteiger partial charge in [0.05, 0.1) is 6.61 Å². The van der Waals surface area contributed by atoms with Crippen LogP contribution in [0.4, 0.5) is 5.95 Å². The van der Waals surface area contributed by atoms with Crippen LogP contribution >= 0.6 is 20.4 Å². The first-order valence-electron chi connectivity index (χ1n) is 8.66. The van der Waals surface area contributed by atoms with Gasteiger partial charge in [0.2, 0.25) is 11.9 Å². The van der Waals surface area contributed by atoms with Crippen molar-refractivity contribution in [2.24, 2.45) is 5.73 Å². The molecule has 158 valence electrons. The van der Waals surface area contributed by atoms with E-state index in [0.29, 0.717) is 17.3 Å². The molecular formula is C14H19N6O7PS. The van der Waals surface area contributed by atoms with Gasteiger partial charge >= 0.3 is 8.60 Å². The quantitative estimate of drug-likeness (QED) is 0.206. The van der Waals surface area contributed by atoms with Gasteiger partial charge in [0, 0.05) is 12.2 Å². The van der Waals surface area contributed by atoms with Gasteiger partial charge in [0.1, 0.15) is 18.3 Å². The lowest BCUT2D eigenvalue weighted by atomic mass is 10.1. The van der Waals surface area contributed by atoms with E-state index in [1.807, 2.05) is 0 Å². The Kier molecular flexibility index (Phi) is 5.75. The van der Waals surface area contributed by atoms with Crippen LogP contribution in [0.3, 0.4) is 0 Å². The number of nitrogen functional groups attached to an aromatic ring is 1. The van der Waals surface area contributed by atoms with Crippen LogP contribution in [0.25, 0.3) is 11.2 Å². The number of aliphatic hydroxyl groups is 1. The summed E-state index contributed by atoms with van der Waals surface area (Å²) in [7, 11) is -2.10. The maximum absolute atomic E-state index is 12.3. The molecule has 0 aromatic carbocycles. The van der Waals surface area contributed by atoms with Gasteiger partial charge in [0.15, 0.2) is 22.5 Å². The van der Waals surface area contributed by atoms with Gasteiger partial charge in [-0.2, -0.15) is 4.98 Å². The Hall–Kier alpha value is -1.80. The SMILES string of the molecule is NC(=O)CCCSc1nc2c(=O)[nH]c(N)nc2n1C1OC2COP(O)OC2C1O. The number of nitrogens with two attached hydrogens (primary N) is 2. The number of fused-ring (bicyclic) bond motifs is 2. The topological polar surface area (TPSA) is 201 Å². The zero-order chi connectivity index (χ0) is 20.7. The molecule has 5 unspecified atom stereocenters. The summed E-state index contributed by atoms with van der Waals surface area (Å²) in [6.07, 6.45) is -2.89. The fourth-order valence-electron chi connectivity index (χ4n) is 3.19. The Morgan fingerprint density at radius 3 is 3.00 bits per heavy atom. The highest BCUT2D eigenvalue weighted by Gasteiger charge is 2.50. The Bertz CT molecular complexity index is 985. The number of primary amides is 1. The summed E-state index contributed by atoms with van der Waals surface area (Å²) in [4.78, 5) is 43.7. The lowest BCUT2D eigenvalue weighted by Gasteiger charge is -2.27. The van der Waals surface area contributed by atoms with E-state index in [0.717, 1.165) is 0 Å². The third kappa shape index (κ3) is 3.97. The number of carbonyl (C=O) groups is 1. The van der Waals surface area contributed by atoms with Crippen molar-refractivity contribution in [3.63, 3.8) is 0 Å². The molecule has 2 aromatic heterocycles. The van der Waals surface area contributed by atoms with Gasteiger partial charge in [-0.1, -0.05) is 11.8 Å². The van der Waals surface area contributed by atoms with Gasteiger partial charge in [-0.05, 0) is 6.42 Å². The molecule has 15 heteroatoms. The molecule has 2 aromatic rings. The number of anilines is 1. The number of nitrogens with zero attached hydrogens (tertiary/aromatic N) is 3. The van der Waals surface area contributed by atoms with Crippen molar-refractivity contribution in [2.45, 2.75) is 42.5 Å². The first-order valence-corrected chi connectivity index (χ1v) is 10.8. The number of rotatable bonds is 6. The van der Waals surface area contributed by atoms with Crippen LogP contribution in [0.2, 0.25) is 0 Å². The minimum absolute atomic E-state index is 0.0313. The largest absolute Gasteiger partial charge is 0.386 e. The van der Waals surface area contributed by atoms with Crippen molar-refractivity contribution >= 4 is 43.4 Å². The number of thioether (sulfide) groups is 1. The summed E-state index contributed by atoms with van der Waals surface area (Å²) in [6, 6.07) is 0. The van der Waals surface area contributed by atoms with Gasteiger partial charge in [-0.15, -0.1) is 0 Å². The Labute approximate surface area is 168 Å². The first kappa shape index (κ1) is 20.5. The third-order valence-corrected chi connectivity index (χ3v) is 6.29. The number of carbonyl (C=O) groups excluding carboxylic acids is 1. The summed E-state index contributed by atoms with van der Waals surface area (Å²) < 4.78 is 17.7. The zero-order valence-corrected chi connectivity index (χ0v) is 16.6. The number of hydrogen-bond acceptors (Lipinski definition) is 11. The van der Waals surface area contributed by atoms with E-state index in [4.69, 9.17) is 25.3 Å². The van der Waals surface area contributed by atoms with E-state index in [1.165, 1.54) is 16.3 Å². The van der Waals surface area contributed by atoms with Crippen molar-refractivity contribution in [2.75, 3.05) is 18.1 Å². The van der Waals surface area contributed by atoms with Crippen molar-refractivity contribution in [3.05, 3.63) is 10.4 Å². The second-order valence-electron chi connectivity index (χ2n) is 6.47. The second kappa shape index (κ2) is 8.14. The molecule has 2 aliphatic rings. The molecule has 2 saturated heterocycles. The van der Waals surface area contributed by atoms with E-state index in [1.54, 1.807) is 0 Å². The molecule has 0 bridgehead atoms. The molecule has 13 nitrogen and oxygen atoms in total. The van der Waals surface area contributed by atoms with Gasteiger partial charge < -0.3 is 35.3 Å². The van der Waals surface area contributed by atoms with Gasteiger partial charge in [0.25, 0.3) is 5.56 Å². The van der Waals surface area contributed by atoms with E-state index >= 15 is 0 Å². The highest BCUT2D eigenvalue weighted by atomic mass is 32.2. The second-order valence-corrected chi connectivity index (χ2v) is 8.47. The Morgan fingerprint density at radius 1 is 1.45 bits per heavy atom. The lowest BCUT2D eigenvalue weighted by molar-refractivity contribution is -0.118. The summed E-state index contributed by atoms with van der Waals surface area (Å²) in [5.41, 5.74) is 10.5. The molecule has 7 N–H and O–H groups in total. The van der Waals surface area contributed by atoms with Crippen molar-refractivity contribution in [3.8, 4) is 0 Å². The number of H-pyrrole nitrogens is 1. The van der Waals surface area contributed by atoms with Gasteiger partial charge in [-0.25, -0.2) is 4.98 Å². The fourth-order valence-corrected chi connectivity index (χ4v) is 4.95. The van der Waals surface area contributed by atoms with Crippen molar-refractivity contribution in [1.29, 1.82) is 0 Å². The maximum atomic E-state index is 12.3. The minimum atomic E-state index is -2.10. The highest BCUT2D eigenvalue weighted by molar-refractivity contribution is 7.99. The predicted octanol–water partition coefficient (Wildman–Crippen LogP) is -1.05. The Balaban J connectivity index is 1.70. The number of aromatic nitrogens is 4. The van der Waals surface area contributed by atoms with E-state index in [2.05, 4.69) is 15.0 Å². The van der Waals surface area contributed by atoms with Crippen LogP contribution < -0.4 is 17.0 Å². The van der Waals surface area contributed by atoms with E-state index in [-0.39, 0.29) is 30.1 Å². The molecule has 2 fully saturated rings. The predicted molar refractivity (Wildman–Crippen MR) is 102 cm³/mol. The van der Waals surface area contributed by atoms with E-state index in [9.17, 15) is 19.6 Å². The maximum Gasteiger partial charge on any atom is 0.330 e. The Morgan fingerprint density at radius 2 is 2.24 bits per heavy atom. The molecule has 1 amide bonds. The summed E-state index contributed by atoms with van der Waals surface area (Å²) in [5.74, 6) is -0.0461. The smallest absolute Gasteiger partial charge is 0.330 e. The molecule has 29 heavy (non-hydrogen) atoms. The van der Waals surface area contributed by atoms with Crippen molar-refractivity contribution in [1.82, 2.24) is 19.5 Å². The average Bonchev–Trinajstić information content (AvgIpc) is 3.16. The first-order chi connectivity index (χ1) is 13.8. The normalized spacial score (nSPS) is 29.2. The summed E-state index contributed by atoms with van der Waals surface area (Å²) in [5, 5.41) is 11.1. The molecule has 0 aliphatic carbocycles. The number of aromatic amines is 1. The standard InChI is InChI=1S/C14H19N6O7PS/c15-6(21)2-1-3-29-14-17-7-10(18-13(16)19-11(7)23)20(14)12-8(22)9-5(26-12)4-25-28(24)27-9/h5,8-9,12,22,24H,1-4H2,(H2,15,21)(H3,16,18,19,23). The summed E-state index contributed by atoms with van der Waals surface area (Å²) in [6.45, 7) is 0.0459. The minimum Gasteiger partial charge on any atom is -0.386 e. The number of aliphatic hydroxyl groups excluding tert-OH is 1. The average molecular weight is 446 g/mol. The monoisotopic (exact) mass is 446 g/mol. The molecule has 2 aliphatic heterocycles. The van der Waals surface area contributed by atoms with Crippen LogP contribution in [0.1, 0.15) is 19.1 Å². The van der Waals surface area contributed by atoms with Crippen LogP contribution in [0.5, 0.6) is 0 Å². The molecule has 0 saturated carbocycles. The third-order valence-electron chi connectivity index (χ3n) is 4.46. The molecule has 0 radical (unpaired) electrons. The fraction of sp³-hybridized carbons (Fsp3) is 0.571. The number of imidazole rings is 1. The summed E-state index contributed by atoms with van der Waals surface area (Å²) >= 11 is 1.25. The van der Waals surface area contributed by atoms with Crippen LogP contribution in [0, 0.1) is 0 Å². The van der Waals surface area contributed by atoms with Crippen LogP contribution in [-0.4, -0.2) is 66.1 Å². The number of hydrogen-bond donors (Lipinski definition) is 5. The van der Waals surface area contributed by atoms with Crippen LogP contribution in [0.15, 0.2) is 9.95 Å².